The molecular formula is C27H42F3N5O2. The number of aliphatic hydroxyl groups excluding tert-OH is 1. The van der Waals surface area contributed by atoms with E-state index in [-0.39, 0.29) is 24.7 Å². The molecule has 7 nitrogen and oxygen atoms in total. The van der Waals surface area contributed by atoms with Crippen molar-refractivity contribution in [3.8, 4) is 5.75 Å². The van der Waals surface area contributed by atoms with Crippen molar-refractivity contribution in [3.63, 3.8) is 0 Å². The van der Waals surface area contributed by atoms with Gasteiger partial charge in [-0.05, 0) is 56.4 Å². The first-order valence-corrected chi connectivity index (χ1v) is 13.8. The number of nitrogens with zero attached hydrogens (tertiary/aromatic N) is 2. The number of rotatable bonds is 10. The summed E-state index contributed by atoms with van der Waals surface area (Å²) in [5, 5.41) is 12.9. The molecule has 1 saturated carbocycles. The van der Waals surface area contributed by atoms with Gasteiger partial charge in [-0.3, -0.25) is 25.0 Å². The van der Waals surface area contributed by atoms with Crippen molar-refractivity contribution in [1.82, 2.24) is 20.7 Å². The number of fused-ring (bicyclic) bond motifs is 3. The minimum atomic E-state index is -3.17. The summed E-state index contributed by atoms with van der Waals surface area (Å²) in [4.78, 5) is 4.15. The molecule has 4 unspecified atom stereocenters. The van der Waals surface area contributed by atoms with Gasteiger partial charge in [0.1, 0.15) is 12.4 Å². The van der Waals surface area contributed by atoms with E-state index in [0.717, 1.165) is 56.7 Å². The molecule has 10 heteroatoms. The molecule has 3 aliphatic heterocycles. The number of methoxy groups -OCH3 is 1. The predicted octanol–water partition coefficient (Wildman–Crippen LogP) is 3.03. The van der Waals surface area contributed by atoms with E-state index in [9.17, 15) is 18.3 Å². The number of likely N-dealkylation sites (tertiary alicyclic amines) is 2. The van der Waals surface area contributed by atoms with Gasteiger partial charge in [-0.1, -0.05) is 6.07 Å². The van der Waals surface area contributed by atoms with Crippen LogP contribution in [0.2, 0.25) is 0 Å². The SMILES string of the molecule is COc1cc(NC2CN(CCCF)C2)ccc1[C@@H]1C2CCC3NNCC3C2C[C@@H](C)N1CC(F)(F)CO. The van der Waals surface area contributed by atoms with Gasteiger partial charge in [-0.25, -0.2) is 8.78 Å². The van der Waals surface area contributed by atoms with E-state index in [2.05, 4.69) is 21.1 Å². The van der Waals surface area contributed by atoms with Crippen LogP contribution in [-0.4, -0.2) is 92.1 Å². The number of piperidine rings is 1. The maximum atomic E-state index is 14.6. The average molecular weight is 526 g/mol. The van der Waals surface area contributed by atoms with Crippen LogP contribution >= 0.6 is 0 Å². The normalized spacial score (nSPS) is 33.0. The molecule has 37 heavy (non-hydrogen) atoms. The molecule has 3 heterocycles. The Morgan fingerprint density at radius 2 is 2.00 bits per heavy atom. The van der Waals surface area contributed by atoms with Crippen LogP contribution in [0.4, 0.5) is 18.9 Å². The maximum Gasteiger partial charge on any atom is 0.283 e. The van der Waals surface area contributed by atoms with Crippen molar-refractivity contribution in [2.75, 3.05) is 58.4 Å². The zero-order valence-corrected chi connectivity index (χ0v) is 21.9. The number of hydrogen-bond donors (Lipinski definition) is 4. The monoisotopic (exact) mass is 525 g/mol. The van der Waals surface area contributed by atoms with Gasteiger partial charge < -0.3 is 15.2 Å². The number of nitrogens with one attached hydrogen (secondary N) is 3. The largest absolute Gasteiger partial charge is 0.496 e. The lowest BCUT2D eigenvalue weighted by molar-refractivity contribution is -0.119. The van der Waals surface area contributed by atoms with Crippen molar-refractivity contribution >= 4 is 5.69 Å². The van der Waals surface area contributed by atoms with Crippen molar-refractivity contribution in [2.24, 2.45) is 17.8 Å². The number of anilines is 1. The Balaban J connectivity index is 1.40. The smallest absolute Gasteiger partial charge is 0.283 e. The molecule has 6 atom stereocenters. The summed E-state index contributed by atoms with van der Waals surface area (Å²) in [5.41, 5.74) is 8.63. The van der Waals surface area contributed by atoms with Gasteiger partial charge in [0.2, 0.25) is 0 Å². The minimum Gasteiger partial charge on any atom is -0.496 e. The Morgan fingerprint density at radius 1 is 1.19 bits per heavy atom. The van der Waals surface area contributed by atoms with Crippen LogP contribution in [0.1, 0.15) is 44.2 Å². The highest BCUT2D eigenvalue weighted by Crippen LogP contribution is 2.53. The van der Waals surface area contributed by atoms with Gasteiger partial charge in [0.25, 0.3) is 5.92 Å². The molecule has 3 saturated heterocycles. The third-order valence-electron chi connectivity index (χ3n) is 9.13. The fourth-order valence-corrected chi connectivity index (χ4v) is 7.38. The first-order valence-electron chi connectivity index (χ1n) is 13.8. The Morgan fingerprint density at radius 3 is 2.73 bits per heavy atom. The molecule has 1 aromatic rings. The Hall–Kier alpha value is -1.59. The second-order valence-electron chi connectivity index (χ2n) is 11.5. The van der Waals surface area contributed by atoms with Gasteiger partial charge in [-0.2, -0.15) is 0 Å². The zero-order valence-electron chi connectivity index (χ0n) is 21.9. The molecule has 208 valence electrons. The lowest BCUT2D eigenvalue weighted by Gasteiger charge is -2.54. The standard InChI is InChI=1S/C27H42F3N5O2/c1-17-10-22-20(6-7-24-23(22)12-31-33-24)26(35(17)15-27(29,30)16-36)21-5-4-18(11-25(21)37-2)32-19-13-34(14-19)9-3-8-28/h4-5,11,17,19-20,22-24,26,31-33,36H,3,6-10,12-16H2,1-2H3/t17-,20?,22?,23?,24?,26+/m1/s1. The number of ether oxygens (including phenoxy) is 1. The van der Waals surface area contributed by atoms with E-state index in [1.807, 2.05) is 30.0 Å². The van der Waals surface area contributed by atoms with Gasteiger partial charge in [0.05, 0.1) is 26.4 Å². The highest BCUT2D eigenvalue weighted by molar-refractivity contribution is 5.54. The van der Waals surface area contributed by atoms with Gasteiger partial charge in [0, 0.05) is 61.6 Å². The molecule has 0 amide bonds. The molecule has 4 aliphatic rings. The summed E-state index contributed by atoms with van der Waals surface area (Å²) in [6.07, 6.45) is 3.40. The molecule has 1 aliphatic carbocycles. The number of alkyl halides is 3. The molecule has 1 aromatic carbocycles. The maximum absolute atomic E-state index is 14.6. The van der Waals surface area contributed by atoms with Crippen LogP contribution in [0.15, 0.2) is 18.2 Å². The van der Waals surface area contributed by atoms with Gasteiger partial charge in [-0.15, -0.1) is 0 Å². The fourth-order valence-electron chi connectivity index (χ4n) is 7.38. The summed E-state index contributed by atoms with van der Waals surface area (Å²) >= 11 is 0. The van der Waals surface area contributed by atoms with E-state index in [1.54, 1.807) is 7.11 Å². The van der Waals surface area contributed by atoms with Crippen molar-refractivity contribution < 1.29 is 23.0 Å². The van der Waals surface area contributed by atoms with Crippen LogP contribution in [0.5, 0.6) is 5.75 Å². The van der Waals surface area contributed by atoms with Gasteiger partial charge >= 0.3 is 0 Å². The fraction of sp³-hybridized carbons (Fsp3) is 0.778. The molecular weight excluding hydrogens is 483 g/mol. The quantitative estimate of drug-likeness (QED) is 0.374. The third kappa shape index (κ3) is 5.59. The zero-order chi connectivity index (χ0) is 26.2. The van der Waals surface area contributed by atoms with Crippen LogP contribution in [0.25, 0.3) is 0 Å². The Kier molecular flexibility index (Phi) is 8.21. The van der Waals surface area contributed by atoms with Crippen molar-refractivity contribution in [1.29, 1.82) is 0 Å². The van der Waals surface area contributed by atoms with Crippen LogP contribution in [0.3, 0.4) is 0 Å². The number of hydrogen-bond acceptors (Lipinski definition) is 7. The van der Waals surface area contributed by atoms with E-state index in [4.69, 9.17) is 4.74 Å². The Bertz CT molecular complexity index is 918. The first kappa shape index (κ1) is 27.0. The van der Waals surface area contributed by atoms with Crippen LogP contribution in [0, 0.1) is 17.8 Å². The van der Waals surface area contributed by atoms with Crippen LogP contribution in [-0.2, 0) is 0 Å². The van der Waals surface area contributed by atoms with Crippen molar-refractivity contribution in [3.05, 3.63) is 23.8 Å². The average Bonchev–Trinajstić information content (AvgIpc) is 3.35. The summed E-state index contributed by atoms with van der Waals surface area (Å²) < 4.78 is 47.5. The molecule has 0 spiro atoms. The summed E-state index contributed by atoms with van der Waals surface area (Å²) in [6.45, 7) is 3.57. The number of hydrazine groups is 1. The highest BCUT2D eigenvalue weighted by Gasteiger charge is 2.52. The van der Waals surface area contributed by atoms with E-state index in [0.29, 0.717) is 36.1 Å². The van der Waals surface area contributed by atoms with Gasteiger partial charge in [0.15, 0.2) is 0 Å². The van der Waals surface area contributed by atoms with Crippen molar-refractivity contribution in [2.45, 2.75) is 62.7 Å². The minimum absolute atomic E-state index is 0.0455. The van der Waals surface area contributed by atoms with E-state index in [1.165, 1.54) is 0 Å². The molecule has 5 rings (SSSR count). The molecule has 0 bridgehead atoms. The first-order chi connectivity index (χ1) is 17.8. The lowest BCUT2D eigenvalue weighted by Crippen LogP contribution is -2.56. The van der Waals surface area contributed by atoms with E-state index >= 15 is 0 Å². The number of benzene rings is 1. The second kappa shape index (κ2) is 11.3. The summed E-state index contributed by atoms with van der Waals surface area (Å²) in [7, 11) is 1.64. The van der Waals surface area contributed by atoms with Crippen LogP contribution < -0.4 is 20.9 Å². The second-order valence-corrected chi connectivity index (χ2v) is 11.5. The third-order valence-corrected chi connectivity index (χ3v) is 9.13. The number of aliphatic hydroxyl groups is 1. The highest BCUT2D eigenvalue weighted by atomic mass is 19.3. The molecule has 0 radical (unpaired) electrons. The molecule has 4 N–H and O–H groups in total. The molecule has 0 aromatic heterocycles. The number of halogens is 3. The molecule has 4 fully saturated rings. The Labute approximate surface area is 218 Å². The summed E-state index contributed by atoms with van der Waals surface area (Å²) in [6, 6.07) is 6.53. The predicted molar refractivity (Wildman–Crippen MR) is 138 cm³/mol. The lowest BCUT2D eigenvalue weighted by atomic mass is 9.61. The van der Waals surface area contributed by atoms with E-state index < -0.39 is 19.1 Å². The topological polar surface area (TPSA) is 72.0 Å². The summed E-state index contributed by atoms with van der Waals surface area (Å²) in [5.74, 6) is -1.32.